The highest BCUT2D eigenvalue weighted by Gasteiger charge is 2.42. The topological polar surface area (TPSA) is 76.1 Å². The van der Waals surface area contributed by atoms with Crippen LogP contribution in [-0.2, 0) is 19.1 Å². The molecule has 0 aromatic carbocycles. The van der Waals surface area contributed by atoms with E-state index in [4.69, 9.17) is 9.47 Å². The van der Waals surface area contributed by atoms with E-state index in [9.17, 15) is 14.7 Å². The van der Waals surface area contributed by atoms with Crippen LogP contribution in [-0.4, -0.2) is 61.9 Å². The molecule has 0 aromatic heterocycles. The number of hydrogen-bond acceptors (Lipinski definition) is 4. The number of carbonyl (C=O) groups excluding carboxylic acids is 1. The van der Waals surface area contributed by atoms with Crippen LogP contribution in [0.4, 0.5) is 0 Å². The molecule has 0 saturated carbocycles. The van der Waals surface area contributed by atoms with Gasteiger partial charge in [0.15, 0.2) is 0 Å². The van der Waals surface area contributed by atoms with Gasteiger partial charge in [-0.3, -0.25) is 9.59 Å². The molecule has 0 atom stereocenters. The van der Waals surface area contributed by atoms with Crippen molar-refractivity contribution in [3.05, 3.63) is 0 Å². The minimum absolute atomic E-state index is 0.0703. The first-order valence-electron chi connectivity index (χ1n) is 6.13. The molecule has 6 heteroatoms. The number of amides is 1. The molecule has 104 valence electrons. The van der Waals surface area contributed by atoms with Gasteiger partial charge in [-0.05, 0) is 19.8 Å². The van der Waals surface area contributed by atoms with E-state index in [0.717, 1.165) is 0 Å². The molecule has 0 aromatic rings. The van der Waals surface area contributed by atoms with Crippen molar-refractivity contribution in [2.45, 2.75) is 19.8 Å². The summed E-state index contributed by atoms with van der Waals surface area (Å²) in [6, 6.07) is 0. The fourth-order valence-corrected chi connectivity index (χ4v) is 2.16. The van der Waals surface area contributed by atoms with Crippen molar-refractivity contribution >= 4 is 11.9 Å². The van der Waals surface area contributed by atoms with E-state index in [-0.39, 0.29) is 19.1 Å². The number of nitrogens with zero attached hydrogens (tertiary/aromatic N) is 1. The Labute approximate surface area is 107 Å². The van der Waals surface area contributed by atoms with Crippen molar-refractivity contribution in [2.24, 2.45) is 5.41 Å². The second kappa shape index (κ2) is 6.70. The van der Waals surface area contributed by atoms with Crippen LogP contribution in [0.3, 0.4) is 0 Å². The zero-order chi connectivity index (χ0) is 13.6. The van der Waals surface area contributed by atoms with Gasteiger partial charge in [0, 0.05) is 26.8 Å². The van der Waals surface area contributed by atoms with Gasteiger partial charge in [0.05, 0.1) is 12.0 Å². The highest BCUT2D eigenvalue weighted by molar-refractivity contribution is 5.79. The lowest BCUT2D eigenvalue weighted by Gasteiger charge is -2.38. The zero-order valence-electron chi connectivity index (χ0n) is 11.0. The third-order valence-electron chi connectivity index (χ3n) is 3.38. The standard InChI is InChI=1S/C12H21NO5/c1-3-18-8-10(14)13-6-4-12(5-7-13,9-17-2)11(15)16/h3-9H2,1-2H3,(H,15,16). The summed E-state index contributed by atoms with van der Waals surface area (Å²) in [4.78, 5) is 24.7. The Kier molecular flexibility index (Phi) is 5.55. The van der Waals surface area contributed by atoms with Crippen molar-refractivity contribution in [2.75, 3.05) is 40.0 Å². The molecule has 0 aliphatic carbocycles. The molecular weight excluding hydrogens is 238 g/mol. The third-order valence-corrected chi connectivity index (χ3v) is 3.38. The minimum atomic E-state index is -0.850. The first kappa shape index (κ1) is 14.9. The maximum Gasteiger partial charge on any atom is 0.312 e. The lowest BCUT2D eigenvalue weighted by Crippen LogP contribution is -2.49. The van der Waals surface area contributed by atoms with E-state index in [0.29, 0.717) is 32.5 Å². The SMILES string of the molecule is CCOCC(=O)N1CCC(COC)(C(=O)O)CC1. The van der Waals surface area contributed by atoms with Crippen LogP contribution in [0.1, 0.15) is 19.8 Å². The summed E-state index contributed by atoms with van der Waals surface area (Å²) in [6.45, 7) is 3.49. The van der Waals surface area contributed by atoms with Gasteiger partial charge in [-0.1, -0.05) is 0 Å². The molecule has 0 bridgehead atoms. The van der Waals surface area contributed by atoms with Gasteiger partial charge in [-0.15, -0.1) is 0 Å². The van der Waals surface area contributed by atoms with Gasteiger partial charge in [0.25, 0.3) is 0 Å². The Morgan fingerprint density at radius 2 is 1.94 bits per heavy atom. The van der Waals surface area contributed by atoms with Crippen LogP contribution in [0.15, 0.2) is 0 Å². The molecule has 1 saturated heterocycles. The molecule has 0 unspecified atom stereocenters. The number of piperidine rings is 1. The summed E-state index contributed by atoms with van der Waals surface area (Å²) >= 11 is 0. The van der Waals surface area contributed by atoms with Gasteiger partial charge in [-0.25, -0.2) is 0 Å². The number of hydrogen-bond donors (Lipinski definition) is 1. The van der Waals surface area contributed by atoms with E-state index in [1.54, 1.807) is 4.90 Å². The molecule has 1 amide bonds. The fourth-order valence-electron chi connectivity index (χ4n) is 2.16. The largest absolute Gasteiger partial charge is 0.481 e. The summed E-state index contributed by atoms with van der Waals surface area (Å²) in [6.07, 6.45) is 0.849. The number of methoxy groups -OCH3 is 1. The average molecular weight is 259 g/mol. The summed E-state index contributed by atoms with van der Waals surface area (Å²) in [5.41, 5.74) is -0.850. The van der Waals surface area contributed by atoms with Crippen molar-refractivity contribution in [3.63, 3.8) is 0 Å². The molecule has 18 heavy (non-hydrogen) atoms. The molecular formula is C12H21NO5. The second-order valence-electron chi connectivity index (χ2n) is 4.54. The number of likely N-dealkylation sites (tertiary alicyclic amines) is 1. The summed E-state index contributed by atoms with van der Waals surface area (Å²) in [5, 5.41) is 9.28. The maximum absolute atomic E-state index is 11.7. The van der Waals surface area contributed by atoms with Gasteiger partial charge in [0.2, 0.25) is 5.91 Å². The lowest BCUT2D eigenvalue weighted by atomic mass is 9.79. The molecule has 1 aliphatic rings. The van der Waals surface area contributed by atoms with E-state index in [1.807, 2.05) is 6.92 Å². The monoisotopic (exact) mass is 259 g/mol. The number of carboxylic acids is 1. The van der Waals surface area contributed by atoms with Crippen LogP contribution >= 0.6 is 0 Å². The van der Waals surface area contributed by atoms with E-state index >= 15 is 0 Å². The van der Waals surface area contributed by atoms with E-state index in [1.165, 1.54) is 7.11 Å². The molecule has 1 rings (SSSR count). The van der Waals surface area contributed by atoms with Crippen molar-refractivity contribution in [3.8, 4) is 0 Å². The number of ether oxygens (including phenoxy) is 2. The Bertz CT molecular complexity index is 297. The highest BCUT2D eigenvalue weighted by atomic mass is 16.5. The second-order valence-corrected chi connectivity index (χ2v) is 4.54. The zero-order valence-corrected chi connectivity index (χ0v) is 11.0. The van der Waals surface area contributed by atoms with Crippen molar-refractivity contribution in [1.82, 2.24) is 4.90 Å². The molecule has 1 heterocycles. The molecule has 0 spiro atoms. The number of carboxylic acid groups (broad SMARTS) is 1. The van der Waals surface area contributed by atoms with Crippen LogP contribution < -0.4 is 0 Å². The van der Waals surface area contributed by atoms with Gasteiger partial charge in [0.1, 0.15) is 6.61 Å². The Morgan fingerprint density at radius 1 is 1.33 bits per heavy atom. The Balaban J connectivity index is 2.52. The minimum Gasteiger partial charge on any atom is -0.481 e. The summed E-state index contributed by atoms with van der Waals surface area (Å²) in [5.74, 6) is -0.922. The lowest BCUT2D eigenvalue weighted by molar-refractivity contribution is -0.159. The average Bonchev–Trinajstić information content (AvgIpc) is 2.37. The Morgan fingerprint density at radius 3 is 2.39 bits per heavy atom. The van der Waals surface area contributed by atoms with Gasteiger partial charge < -0.3 is 19.5 Å². The van der Waals surface area contributed by atoms with Gasteiger partial charge >= 0.3 is 5.97 Å². The normalized spacial score (nSPS) is 18.7. The summed E-state index contributed by atoms with van der Waals surface area (Å²) in [7, 11) is 1.50. The van der Waals surface area contributed by atoms with Crippen LogP contribution in [0.5, 0.6) is 0 Å². The molecule has 6 nitrogen and oxygen atoms in total. The number of carbonyl (C=O) groups is 2. The van der Waals surface area contributed by atoms with Crippen molar-refractivity contribution < 1.29 is 24.2 Å². The molecule has 1 N–H and O–H groups in total. The first-order chi connectivity index (χ1) is 8.55. The smallest absolute Gasteiger partial charge is 0.312 e. The van der Waals surface area contributed by atoms with E-state index in [2.05, 4.69) is 0 Å². The maximum atomic E-state index is 11.7. The predicted molar refractivity (Wildman–Crippen MR) is 64.3 cm³/mol. The van der Waals surface area contributed by atoms with Crippen molar-refractivity contribution in [1.29, 1.82) is 0 Å². The van der Waals surface area contributed by atoms with Crippen LogP contribution in [0.2, 0.25) is 0 Å². The molecule has 1 fully saturated rings. The molecule has 0 radical (unpaired) electrons. The number of rotatable bonds is 6. The highest BCUT2D eigenvalue weighted by Crippen LogP contribution is 2.32. The van der Waals surface area contributed by atoms with Crippen LogP contribution in [0, 0.1) is 5.41 Å². The molecule has 1 aliphatic heterocycles. The predicted octanol–water partition coefficient (Wildman–Crippen LogP) is 0.363. The van der Waals surface area contributed by atoms with Crippen LogP contribution in [0.25, 0.3) is 0 Å². The quantitative estimate of drug-likeness (QED) is 0.745. The fraction of sp³-hybridized carbons (Fsp3) is 0.833. The summed E-state index contributed by atoms with van der Waals surface area (Å²) < 4.78 is 10.1. The van der Waals surface area contributed by atoms with Gasteiger partial charge in [-0.2, -0.15) is 0 Å². The Hall–Kier alpha value is -1.14. The van der Waals surface area contributed by atoms with E-state index < -0.39 is 11.4 Å². The first-order valence-corrected chi connectivity index (χ1v) is 6.13. The third kappa shape index (κ3) is 3.43. The number of aliphatic carboxylic acids is 1.